The van der Waals surface area contributed by atoms with Crippen molar-refractivity contribution in [2.24, 2.45) is 0 Å². The fourth-order valence-corrected chi connectivity index (χ4v) is 1.54. The first kappa shape index (κ1) is 8.40. The van der Waals surface area contributed by atoms with E-state index in [4.69, 9.17) is 5.73 Å². The largest absolute Gasteiger partial charge is 0.384 e. The standard InChI is InChI=1S/C8H12N2S/c1-6(2)11-8-5-3-4-7(9)10-8/h3-6H,1-2H3,(H2,9,10). The number of hydrogen-bond acceptors (Lipinski definition) is 3. The first-order valence-corrected chi connectivity index (χ1v) is 4.45. The molecule has 0 fully saturated rings. The van der Waals surface area contributed by atoms with Crippen molar-refractivity contribution < 1.29 is 0 Å². The average molecular weight is 168 g/mol. The molecule has 0 unspecified atom stereocenters. The average Bonchev–Trinajstić information content (AvgIpc) is 1.85. The Balaban J connectivity index is 2.71. The predicted molar refractivity (Wildman–Crippen MR) is 49.6 cm³/mol. The Bertz CT molecular complexity index is 235. The number of nitrogen functional groups attached to an aromatic ring is 1. The van der Waals surface area contributed by atoms with E-state index in [-0.39, 0.29) is 0 Å². The molecule has 0 aliphatic rings. The minimum atomic E-state index is 0.560. The maximum absolute atomic E-state index is 5.51. The number of pyridine rings is 1. The number of aromatic nitrogens is 1. The summed E-state index contributed by atoms with van der Waals surface area (Å²) >= 11 is 1.72. The number of thioether (sulfide) groups is 1. The molecule has 0 radical (unpaired) electrons. The van der Waals surface area contributed by atoms with Crippen LogP contribution in [0.2, 0.25) is 0 Å². The Hall–Kier alpha value is -0.700. The topological polar surface area (TPSA) is 38.9 Å². The third kappa shape index (κ3) is 2.80. The van der Waals surface area contributed by atoms with Crippen LogP contribution < -0.4 is 5.73 Å². The van der Waals surface area contributed by atoms with Crippen molar-refractivity contribution in [2.45, 2.75) is 24.1 Å². The summed E-state index contributed by atoms with van der Waals surface area (Å²) < 4.78 is 0. The van der Waals surface area contributed by atoms with Gasteiger partial charge in [0.05, 0.1) is 5.03 Å². The third-order valence-electron chi connectivity index (χ3n) is 1.10. The number of rotatable bonds is 2. The molecule has 0 atom stereocenters. The quantitative estimate of drug-likeness (QED) is 0.688. The van der Waals surface area contributed by atoms with Crippen molar-refractivity contribution in [3.63, 3.8) is 0 Å². The molecule has 0 aliphatic carbocycles. The van der Waals surface area contributed by atoms with Gasteiger partial charge in [0, 0.05) is 5.25 Å². The Morgan fingerprint density at radius 2 is 2.18 bits per heavy atom. The van der Waals surface area contributed by atoms with Gasteiger partial charge in [-0.2, -0.15) is 0 Å². The maximum Gasteiger partial charge on any atom is 0.124 e. The zero-order chi connectivity index (χ0) is 8.27. The molecule has 0 spiro atoms. The highest BCUT2D eigenvalue weighted by molar-refractivity contribution is 7.99. The fourth-order valence-electron chi connectivity index (χ4n) is 0.738. The van der Waals surface area contributed by atoms with Gasteiger partial charge in [-0.25, -0.2) is 4.98 Å². The van der Waals surface area contributed by atoms with Crippen molar-refractivity contribution in [2.75, 3.05) is 5.73 Å². The van der Waals surface area contributed by atoms with Crippen LogP contribution in [-0.4, -0.2) is 10.2 Å². The maximum atomic E-state index is 5.51. The smallest absolute Gasteiger partial charge is 0.124 e. The van der Waals surface area contributed by atoms with Gasteiger partial charge in [-0.1, -0.05) is 19.9 Å². The van der Waals surface area contributed by atoms with Crippen molar-refractivity contribution in [1.29, 1.82) is 0 Å². The van der Waals surface area contributed by atoms with Crippen LogP contribution >= 0.6 is 11.8 Å². The highest BCUT2D eigenvalue weighted by Crippen LogP contribution is 2.20. The molecular weight excluding hydrogens is 156 g/mol. The summed E-state index contributed by atoms with van der Waals surface area (Å²) in [7, 11) is 0. The predicted octanol–water partition coefficient (Wildman–Crippen LogP) is 2.16. The number of nitrogens with zero attached hydrogens (tertiary/aromatic N) is 1. The van der Waals surface area contributed by atoms with E-state index >= 15 is 0 Å². The van der Waals surface area contributed by atoms with E-state index in [9.17, 15) is 0 Å². The first-order valence-electron chi connectivity index (χ1n) is 3.57. The second-order valence-corrected chi connectivity index (χ2v) is 4.16. The van der Waals surface area contributed by atoms with Gasteiger partial charge in [0.1, 0.15) is 5.82 Å². The summed E-state index contributed by atoms with van der Waals surface area (Å²) in [4.78, 5) is 4.15. The van der Waals surface area contributed by atoms with Gasteiger partial charge in [-0.3, -0.25) is 0 Å². The second kappa shape index (κ2) is 3.62. The van der Waals surface area contributed by atoms with Crippen LogP contribution in [0, 0.1) is 0 Å². The summed E-state index contributed by atoms with van der Waals surface area (Å²) in [6, 6.07) is 5.69. The SMILES string of the molecule is CC(C)Sc1cccc(N)n1. The van der Waals surface area contributed by atoms with Gasteiger partial charge < -0.3 is 5.73 Å². The molecule has 3 heteroatoms. The zero-order valence-corrected chi connectivity index (χ0v) is 7.56. The van der Waals surface area contributed by atoms with Crippen LogP contribution in [0.25, 0.3) is 0 Å². The number of hydrogen-bond donors (Lipinski definition) is 1. The molecule has 0 bridgehead atoms. The third-order valence-corrected chi connectivity index (χ3v) is 2.04. The minimum absolute atomic E-state index is 0.560. The minimum Gasteiger partial charge on any atom is -0.384 e. The lowest BCUT2D eigenvalue weighted by atomic mass is 10.5. The molecule has 1 aromatic heterocycles. The van der Waals surface area contributed by atoms with Gasteiger partial charge >= 0.3 is 0 Å². The molecule has 0 amide bonds. The van der Waals surface area contributed by atoms with E-state index in [0.29, 0.717) is 11.1 Å². The van der Waals surface area contributed by atoms with E-state index in [1.807, 2.05) is 12.1 Å². The highest BCUT2D eigenvalue weighted by Gasteiger charge is 1.98. The van der Waals surface area contributed by atoms with Gasteiger partial charge in [0.25, 0.3) is 0 Å². The van der Waals surface area contributed by atoms with Crippen molar-refractivity contribution in [1.82, 2.24) is 4.98 Å². The van der Waals surface area contributed by atoms with Crippen molar-refractivity contribution in [3.05, 3.63) is 18.2 Å². The first-order chi connectivity index (χ1) is 5.18. The molecule has 2 N–H and O–H groups in total. The van der Waals surface area contributed by atoms with E-state index in [1.165, 1.54) is 0 Å². The van der Waals surface area contributed by atoms with Gasteiger partial charge in [-0.15, -0.1) is 11.8 Å². The number of anilines is 1. The van der Waals surface area contributed by atoms with E-state index in [0.717, 1.165) is 5.03 Å². The van der Waals surface area contributed by atoms with E-state index in [1.54, 1.807) is 17.8 Å². The molecular formula is C8H12N2S. The van der Waals surface area contributed by atoms with Crippen LogP contribution in [0.4, 0.5) is 5.82 Å². The van der Waals surface area contributed by atoms with Crippen LogP contribution in [0.15, 0.2) is 23.2 Å². The second-order valence-electron chi connectivity index (χ2n) is 2.57. The molecule has 11 heavy (non-hydrogen) atoms. The lowest BCUT2D eigenvalue weighted by molar-refractivity contribution is 1.08. The summed E-state index contributed by atoms with van der Waals surface area (Å²) in [5.74, 6) is 0.593. The van der Waals surface area contributed by atoms with Crippen LogP contribution in [0.1, 0.15) is 13.8 Å². The molecule has 0 saturated carbocycles. The van der Waals surface area contributed by atoms with Crippen LogP contribution in [0.3, 0.4) is 0 Å². The normalized spacial score (nSPS) is 10.5. The van der Waals surface area contributed by atoms with Gasteiger partial charge in [0.2, 0.25) is 0 Å². The van der Waals surface area contributed by atoms with Crippen molar-refractivity contribution >= 4 is 17.6 Å². The summed E-state index contributed by atoms with van der Waals surface area (Å²) in [6.45, 7) is 4.27. The monoisotopic (exact) mass is 168 g/mol. The Labute approximate surface area is 71.2 Å². The molecule has 1 aromatic rings. The molecule has 0 saturated heterocycles. The fraction of sp³-hybridized carbons (Fsp3) is 0.375. The molecule has 1 rings (SSSR count). The Kier molecular flexibility index (Phi) is 2.76. The van der Waals surface area contributed by atoms with E-state index in [2.05, 4.69) is 18.8 Å². The summed E-state index contributed by atoms with van der Waals surface area (Å²) in [6.07, 6.45) is 0. The Morgan fingerprint density at radius 3 is 2.73 bits per heavy atom. The Morgan fingerprint density at radius 1 is 1.45 bits per heavy atom. The molecule has 2 nitrogen and oxygen atoms in total. The lowest BCUT2D eigenvalue weighted by Gasteiger charge is -2.03. The molecule has 0 aliphatic heterocycles. The van der Waals surface area contributed by atoms with Gasteiger partial charge in [0.15, 0.2) is 0 Å². The van der Waals surface area contributed by atoms with E-state index < -0.39 is 0 Å². The highest BCUT2D eigenvalue weighted by atomic mass is 32.2. The van der Waals surface area contributed by atoms with Crippen molar-refractivity contribution in [3.8, 4) is 0 Å². The summed E-state index contributed by atoms with van der Waals surface area (Å²) in [5, 5.41) is 1.56. The zero-order valence-electron chi connectivity index (χ0n) is 6.74. The van der Waals surface area contributed by atoms with Gasteiger partial charge in [-0.05, 0) is 12.1 Å². The lowest BCUT2D eigenvalue weighted by Crippen LogP contribution is -1.92. The molecule has 60 valence electrons. The summed E-state index contributed by atoms with van der Waals surface area (Å²) in [5.41, 5.74) is 5.51. The number of nitrogens with two attached hydrogens (primary N) is 1. The van der Waals surface area contributed by atoms with Crippen LogP contribution in [-0.2, 0) is 0 Å². The molecule has 0 aromatic carbocycles. The van der Waals surface area contributed by atoms with Crippen LogP contribution in [0.5, 0.6) is 0 Å². The molecule has 1 heterocycles.